The largest absolute Gasteiger partial charge is 0.459 e. The summed E-state index contributed by atoms with van der Waals surface area (Å²) in [6.45, 7) is 14.3. The van der Waals surface area contributed by atoms with E-state index in [4.69, 9.17) is 30.8 Å². The number of hydrogen-bond acceptors (Lipinski definition) is 13. The van der Waals surface area contributed by atoms with Gasteiger partial charge >= 0.3 is 18.2 Å². The van der Waals surface area contributed by atoms with Crippen LogP contribution < -0.4 is 15.0 Å². The van der Waals surface area contributed by atoms with E-state index in [9.17, 15) is 18.0 Å². The number of rotatable bonds is 7. The van der Waals surface area contributed by atoms with E-state index < -0.39 is 44.9 Å². The second-order valence-electron chi connectivity index (χ2n) is 16.8. The summed E-state index contributed by atoms with van der Waals surface area (Å²) in [6.07, 6.45) is -0.188. The zero-order chi connectivity index (χ0) is 41.2. The molecule has 0 saturated carbocycles. The van der Waals surface area contributed by atoms with Gasteiger partial charge in [0.15, 0.2) is 20.8 Å². The Morgan fingerprint density at radius 3 is 2.26 bits per heavy atom. The number of sulfone groups is 1. The molecule has 2 aromatic heterocycles. The molecule has 2 aromatic carbocycles. The van der Waals surface area contributed by atoms with Gasteiger partial charge in [0.05, 0.1) is 38.8 Å². The van der Waals surface area contributed by atoms with Crippen molar-refractivity contribution in [3.63, 3.8) is 0 Å². The summed E-state index contributed by atoms with van der Waals surface area (Å²) in [5.41, 5.74) is -1.40. The monoisotopic (exact) mass is 849 g/mol. The highest BCUT2D eigenvalue weighted by Gasteiger charge is 2.45. The number of carbonyl (C=O) groups is 2. The summed E-state index contributed by atoms with van der Waals surface area (Å²) < 4.78 is 73.9. The summed E-state index contributed by atoms with van der Waals surface area (Å²) in [7, 11) is -3.08. The predicted molar refractivity (Wildman–Crippen MR) is 215 cm³/mol. The summed E-state index contributed by atoms with van der Waals surface area (Å²) in [4.78, 5) is 45.4. The first-order valence-electron chi connectivity index (χ1n) is 18.8. The number of hydrogen-bond donors (Lipinski definition) is 1. The van der Waals surface area contributed by atoms with Crippen molar-refractivity contribution < 1.29 is 41.0 Å². The van der Waals surface area contributed by atoms with Gasteiger partial charge in [0.25, 0.3) is 0 Å². The van der Waals surface area contributed by atoms with Crippen molar-refractivity contribution in [2.45, 2.75) is 90.7 Å². The molecule has 3 aliphatic rings. The Bertz CT molecular complexity index is 2320. The fourth-order valence-corrected chi connectivity index (χ4v) is 9.98. The minimum atomic E-state index is -3.08. The molecule has 3 atom stereocenters. The summed E-state index contributed by atoms with van der Waals surface area (Å²) in [5.74, 6) is -0.978. The average Bonchev–Trinajstić information content (AvgIpc) is 3.63. The van der Waals surface area contributed by atoms with Crippen molar-refractivity contribution in [3.05, 3.63) is 34.9 Å². The minimum Gasteiger partial charge on any atom is -0.459 e. The van der Waals surface area contributed by atoms with Crippen LogP contribution in [0.1, 0.15) is 61.3 Å². The van der Waals surface area contributed by atoms with Gasteiger partial charge in [-0.25, -0.2) is 31.8 Å². The molecule has 3 saturated heterocycles. The number of nitrogens with zero attached hydrogens (tertiary/aromatic N) is 6. The fourth-order valence-electron chi connectivity index (χ4n) is 7.52. The van der Waals surface area contributed by atoms with E-state index in [1.54, 1.807) is 38.7 Å². The van der Waals surface area contributed by atoms with Gasteiger partial charge in [0.1, 0.15) is 34.5 Å². The third kappa shape index (κ3) is 8.98. The van der Waals surface area contributed by atoms with Crippen molar-refractivity contribution in [3.8, 4) is 17.1 Å². The Morgan fingerprint density at radius 1 is 0.982 bits per heavy atom. The molecule has 57 heavy (non-hydrogen) atoms. The van der Waals surface area contributed by atoms with Crippen LogP contribution in [-0.4, -0.2) is 119 Å². The van der Waals surface area contributed by atoms with E-state index >= 15 is 8.78 Å². The van der Waals surface area contributed by atoms with Crippen molar-refractivity contribution in [1.29, 1.82) is 0 Å². The zero-order valence-corrected chi connectivity index (χ0v) is 35.2. The van der Waals surface area contributed by atoms with E-state index in [1.807, 2.05) is 30.6 Å². The lowest BCUT2D eigenvalue weighted by atomic mass is 10.0. The molecule has 7 rings (SSSR count). The van der Waals surface area contributed by atoms with E-state index in [2.05, 4.69) is 15.3 Å². The van der Waals surface area contributed by atoms with Crippen molar-refractivity contribution in [1.82, 2.24) is 24.8 Å². The summed E-state index contributed by atoms with van der Waals surface area (Å²) in [6, 6.07) is 3.63. The van der Waals surface area contributed by atoms with Gasteiger partial charge in [0, 0.05) is 49.2 Å². The Kier molecular flexibility index (Phi) is 11.0. The number of halogens is 3. The molecule has 2 bridgehead atoms. The van der Waals surface area contributed by atoms with Crippen molar-refractivity contribution >= 4 is 77.0 Å². The lowest BCUT2D eigenvalue weighted by molar-refractivity contribution is 0.0122. The van der Waals surface area contributed by atoms with Crippen LogP contribution in [0.4, 0.5) is 29.3 Å². The Labute approximate surface area is 338 Å². The van der Waals surface area contributed by atoms with Crippen LogP contribution in [0.3, 0.4) is 0 Å². The molecule has 308 valence electrons. The smallest absolute Gasteiger partial charge is 0.413 e. The normalized spacial score (nSPS) is 20.5. The quantitative estimate of drug-likeness (QED) is 0.199. The van der Waals surface area contributed by atoms with Gasteiger partial charge in [-0.15, -0.1) is 0 Å². The standard InChI is InChI=1S/C38H46ClF2N7O7S2/c1-20(17-46-12-14-57(51,52)15-13-46)53-33-42-29-24(32(44-33)47-18-21-8-9-22(19-47)48(21)36(50)55-38(5,6)7)16-25(39)27(28(29)41)23-10-11-26(40)31-30(23)43-34(56-31)45-35(49)54-37(2,3)4/h10-11,16,20-22H,8-9,12-15,17-19H2,1-7H3,(H,43,45,49)/t20-,21?,22?/m0/s1. The third-order valence-corrected chi connectivity index (χ3v) is 12.7. The summed E-state index contributed by atoms with van der Waals surface area (Å²) >= 11 is 7.80. The number of anilines is 2. The van der Waals surface area contributed by atoms with Crippen LogP contribution in [-0.2, 0) is 19.3 Å². The van der Waals surface area contributed by atoms with Crippen LogP contribution >= 0.6 is 22.9 Å². The van der Waals surface area contributed by atoms with Gasteiger partial charge in [0.2, 0.25) is 0 Å². The fraction of sp³-hybridized carbons (Fsp3) is 0.553. The molecule has 4 aromatic rings. The Balaban J connectivity index is 1.28. The zero-order valence-electron chi connectivity index (χ0n) is 32.8. The molecule has 3 aliphatic heterocycles. The molecule has 0 aliphatic carbocycles. The van der Waals surface area contributed by atoms with Crippen LogP contribution in [0, 0.1) is 11.6 Å². The van der Waals surface area contributed by atoms with Crippen LogP contribution in [0.15, 0.2) is 18.2 Å². The molecule has 2 unspecified atom stereocenters. The number of aromatic nitrogens is 3. The second-order valence-corrected chi connectivity index (χ2v) is 20.5. The molecule has 0 radical (unpaired) electrons. The average molecular weight is 850 g/mol. The van der Waals surface area contributed by atoms with E-state index in [1.165, 1.54) is 12.1 Å². The maximum atomic E-state index is 17.3. The maximum absolute atomic E-state index is 17.3. The van der Waals surface area contributed by atoms with E-state index in [0.717, 1.165) is 24.2 Å². The molecule has 0 spiro atoms. The first-order chi connectivity index (χ1) is 26.6. The van der Waals surface area contributed by atoms with Gasteiger partial charge in [-0.2, -0.15) is 9.97 Å². The number of amides is 2. The molecular formula is C38H46ClF2N7O7S2. The number of thiazole rings is 1. The van der Waals surface area contributed by atoms with Crippen LogP contribution in [0.5, 0.6) is 6.01 Å². The highest BCUT2D eigenvalue weighted by molar-refractivity contribution is 7.91. The van der Waals surface area contributed by atoms with Crippen molar-refractivity contribution in [2.24, 2.45) is 0 Å². The van der Waals surface area contributed by atoms with Crippen LogP contribution in [0.25, 0.3) is 32.2 Å². The predicted octanol–water partition coefficient (Wildman–Crippen LogP) is 7.27. The lowest BCUT2D eigenvalue weighted by Gasteiger charge is -2.42. The maximum Gasteiger partial charge on any atom is 0.413 e. The number of nitrogens with one attached hydrogen (secondary N) is 1. The van der Waals surface area contributed by atoms with Crippen LogP contribution in [0.2, 0.25) is 5.02 Å². The van der Waals surface area contributed by atoms with Gasteiger partial charge in [-0.3, -0.25) is 15.1 Å². The van der Waals surface area contributed by atoms with Gasteiger partial charge in [-0.1, -0.05) is 22.9 Å². The van der Waals surface area contributed by atoms with Crippen molar-refractivity contribution in [2.75, 3.05) is 54.4 Å². The molecule has 19 heteroatoms. The number of ether oxygens (including phenoxy) is 3. The number of fused-ring (bicyclic) bond motifs is 4. The highest BCUT2D eigenvalue weighted by atomic mass is 35.5. The molecular weight excluding hydrogens is 804 g/mol. The van der Waals surface area contributed by atoms with Gasteiger partial charge < -0.3 is 19.1 Å². The second kappa shape index (κ2) is 15.2. The van der Waals surface area contributed by atoms with E-state index in [0.29, 0.717) is 43.9 Å². The molecule has 14 nitrogen and oxygen atoms in total. The molecule has 3 fully saturated rings. The first-order valence-corrected chi connectivity index (χ1v) is 21.8. The van der Waals surface area contributed by atoms with E-state index in [-0.39, 0.29) is 72.7 Å². The van der Waals surface area contributed by atoms with Gasteiger partial charge in [-0.05, 0) is 79.5 Å². The number of carbonyl (C=O) groups excluding carboxylic acids is 2. The number of piperazine rings is 1. The highest BCUT2D eigenvalue weighted by Crippen LogP contribution is 2.44. The SMILES string of the molecule is C[C@@H](CN1CCS(=O)(=O)CC1)Oc1nc(N2CC3CCC(C2)N3C(=O)OC(C)(C)C)c2cc(Cl)c(-c3ccc(F)c4sc(NC(=O)OC(C)(C)C)nc34)c(F)c2n1. The first kappa shape index (κ1) is 41.0. The Hall–Kier alpha value is -4.13. The molecule has 2 amide bonds. The lowest BCUT2D eigenvalue weighted by Crippen LogP contribution is -2.57. The number of benzene rings is 2. The Morgan fingerprint density at radius 2 is 1.63 bits per heavy atom. The molecule has 1 N–H and O–H groups in total. The minimum absolute atomic E-state index is 0.00939. The topological polar surface area (TPSA) is 156 Å². The molecule has 5 heterocycles. The third-order valence-electron chi connectivity index (χ3n) is 9.86. The summed E-state index contributed by atoms with van der Waals surface area (Å²) in [5, 5.41) is 2.87.